The van der Waals surface area contributed by atoms with Crippen molar-refractivity contribution < 1.29 is 0 Å². The molecule has 0 saturated heterocycles. The van der Waals surface area contributed by atoms with Crippen LogP contribution in [0.5, 0.6) is 0 Å². The van der Waals surface area contributed by atoms with Crippen LogP contribution in [0.4, 0.5) is 0 Å². The van der Waals surface area contributed by atoms with Crippen LogP contribution in [0.2, 0.25) is 0 Å². The van der Waals surface area contributed by atoms with Gasteiger partial charge in [0, 0.05) is 10.5 Å². The Hall–Kier alpha value is -3.06. The molecule has 0 amide bonds. The SMILES string of the molecule is CCC(C)n1cnc2c(c1=O)c1nc3ccccc3nc1n2-c1cccc(Br)c1. The zero-order chi connectivity index (χ0) is 20.1. The quantitative estimate of drug-likeness (QED) is 0.389. The first kappa shape index (κ1) is 18.0. The third-order valence-electron chi connectivity index (χ3n) is 5.32. The summed E-state index contributed by atoms with van der Waals surface area (Å²) in [6.07, 6.45) is 2.47. The maximum Gasteiger partial charge on any atom is 0.265 e. The molecule has 0 aliphatic carbocycles. The van der Waals surface area contributed by atoms with Gasteiger partial charge in [-0.2, -0.15) is 0 Å². The van der Waals surface area contributed by atoms with Crippen molar-refractivity contribution in [3.63, 3.8) is 0 Å². The molecule has 29 heavy (non-hydrogen) atoms. The van der Waals surface area contributed by atoms with Gasteiger partial charge in [-0.3, -0.25) is 13.9 Å². The van der Waals surface area contributed by atoms with Gasteiger partial charge in [0.1, 0.15) is 17.2 Å². The number of hydrogen-bond acceptors (Lipinski definition) is 4. The summed E-state index contributed by atoms with van der Waals surface area (Å²) in [5, 5.41) is 0.501. The molecular weight excluding hydrogens is 430 g/mol. The average molecular weight is 448 g/mol. The van der Waals surface area contributed by atoms with Crippen molar-refractivity contribution in [3.05, 3.63) is 69.7 Å². The van der Waals surface area contributed by atoms with Crippen molar-refractivity contribution >= 4 is 49.2 Å². The number of hydrogen-bond donors (Lipinski definition) is 0. The van der Waals surface area contributed by atoms with E-state index in [0.717, 1.165) is 27.6 Å². The first-order chi connectivity index (χ1) is 14.1. The van der Waals surface area contributed by atoms with Crippen LogP contribution in [0.25, 0.3) is 38.9 Å². The highest BCUT2D eigenvalue weighted by molar-refractivity contribution is 9.10. The number of nitrogens with zero attached hydrogens (tertiary/aromatic N) is 5. The minimum Gasteiger partial charge on any atom is -0.296 e. The summed E-state index contributed by atoms with van der Waals surface area (Å²) in [7, 11) is 0. The van der Waals surface area contributed by atoms with Gasteiger partial charge in [0.15, 0.2) is 11.3 Å². The Kier molecular flexibility index (Phi) is 4.20. The summed E-state index contributed by atoms with van der Waals surface area (Å²) in [4.78, 5) is 27.8. The van der Waals surface area contributed by atoms with Gasteiger partial charge in [-0.15, -0.1) is 0 Å². The van der Waals surface area contributed by atoms with Crippen molar-refractivity contribution in [1.29, 1.82) is 0 Å². The Balaban J connectivity index is 2.00. The van der Waals surface area contributed by atoms with E-state index in [1.165, 1.54) is 0 Å². The zero-order valence-electron chi connectivity index (χ0n) is 16.0. The molecule has 144 valence electrons. The van der Waals surface area contributed by atoms with Gasteiger partial charge in [0.2, 0.25) is 0 Å². The lowest BCUT2D eigenvalue weighted by Crippen LogP contribution is -2.23. The second-order valence-corrected chi connectivity index (χ2v) is 8.03. The van der Waals surface area contributed by atoms with Crippen molar-refractivity contribution in [2.75, 3.05) is 0 Å². The molecular formula is C22H18BrN5O. The largest absolute Gasteiger partial charge is 0.296 e. The number of aromatic nitrogens is 5. The van der Waals surface area contributed by atoms with Crippen LogP contribution in [0.1, 0.15) is 26.3 Å². The van der Waals surface area contributed by atoms with Gasteiger partial charge in [-0.05, 0) is 43.7 Å². The highest BCUT2D eigenvalue weighted by Crippen LogP contribution is 2.29. The number of benzene rings is 2. The van der Waals surface area contributed by atoms with Crippen LogP contribution in [0.15, 0.2) is 64.1 Å². The lowest BCUT2D eigenvalue weighted by molar-refractivity contribution is 0.510. The molecule has 0 aliphatic rings. The van der Waals surface area contributed by atoms with Crippen molar-refractivity contribution in [3.8, 4) is 5.69 Å². The van der Waals surface area contributed by atoms with E-state index in [1.807, 2.05) is 60.0 Å². The second kappa shape index (κ2) is 6.77. The maximum absolute atomic E-state index is 13.4. The van der Waals surface area contributed by atoms with Crippen LogP contribution in [-0.2, 0) is 0 Å². The summed E-state index contributed by atoms with van der Waals surface area (Å²) in [5.41, 5.74) is 4.09. The third-order valence-corrected chi connectivity index (χ3v) is 5.81. The molecule has 0 radical (unpaired) electrons. The van der Waals surface area contributed by atoms with E-state index < -0.39 is 0 Å². The maximum atomic E-state index is 13.4. The lowest BCUT2D eigenvalue weighted by atomic mass is 10.2. The Morgan fingerprint density at radius 3 is 2.52 bits per heavy atom. The predicted molar refractivity (Wildman–Crippen MR) is 119 cm³/mol. The average Bonchev–Trinajstić information content (AvgIpc) is 3.05. The standard InChI is InChI=1S/C22H18BrN5O/c1-3-13(2)27-12-24-20-18(22(27)29)19-21(26-17-10-5-4-9-16(17)25-19)28(20)15-8-6-7-14(23)11-15/h4-13H,3H2,1-2H3. The molecule has 5 aromatic rings. The fraction of sp³-hybridized carbons (Fsp3) is 0.182. The minimum atomic E-state index is -0.0901. The number of halogens is 1. The van der Waals surface area contributed by atoms with E-state index in [0.29, 0.717) is 22.2 Å². The first-order valence-corrected chi connectivity index (χ1v) is 10.3. The van der Waals surface area contributed by atoms with Crippen LogP contribution in [-0.4, -0.2) is 24.1 Å². The van der Waals surface area contributed by atoms with Crippen LogP contribution in [0.3, 0.4) is 0 Å². The smallest absolute Gasteiger partial charge is 0.265 e. The summed E-state index contributed by atoms with van der Waals surface area (Å²) in [5.74, 6) is 0. The number of rotatable bonds is 3. The first-order valence-electron chi connectivity index (χ1n) is 9.52. The molecule has 0 fully saturated rings. The van der Waals surface area contributed by atoms with E-state index in [1.54, 1.807) is 10.9 Å². The van der Waals surface area contributed by atoms with Gasteiger partial charge in [0.25, 0.3) is 5.56 Å². The van der Waals surface area contributed by atoms with Crippen molar-refractivity contribution in [2.24, 2.45) is 0 Å². The monoisotopic (exact) mass is 447 g/mol. The highest BCUT2D eigenvalue weighted by Gasteiger charge is 2.21. The Morgan fingerprint density at radius 1 is 1.03 bits per heavy atom. The number of para-hydroxylation sites is 2. The third kappa shape index (κ3) is 2.76. The molecule has 0 spiro atoms. The molecule has 5 rings (SSSR count). The van der Waals surface area contributed by atoms with Crippen molar-refractivity contribution in [1.82, 2.24) is 24.1 Å². The Labute approximate surface area is 175 Å². The summed E-state index contributed by atoms with van der Waals surface area (Å²) >= 11 is 3.53. The summed E-state index contributed by atoms with van der Waals surface area (Å²) < 4.78 is 4.54. The molecule has 1 unspecified atom stereocenters. The van der Waals surface area contributed by atoms with Gasteiger partial charge >= 0.3 is 0 Å². The molecule has 2 aromatic carbocycles. The minimum absolute atomic E-state index is 0.0529. The van der Waals surface area contributed by atoms with E-state index in [4.69, 9.17) is 9.97 Å². The fourth-order valence-corrected chi connectivity index (χ4v) is 4.01. The van der Waals surface area contributed by atoms with E-state index >= 15 is 0 Å². The Bertz CT molecular complexity index is 1450. The van der Waals surface area contributed by atoms with E-state index in [9.17, 15) is 4.79 Å². The lowest BCUT2D eigenvalue weighted by Gasteiger charge is -2.12. The molecule has 1 atom stereocenters. The van der Waals surface area contributed by atoms with Gasteiger partial charge in [0.05, 0.1) is 16.7 Å². The van der Waals surface area contributed by atoms with Crippen LogP contribution in [0, 0.1) is 0 Å². The van der Waals surface area contributed by atoms with Crippen molar-refractivity contribution in [2.45, 2.75) is 26.3 Å². The van der Waals surface area contributed by atoms with Gasteiger partial charge in [-0.1, -0.05) is 41.1 Å². The molecule has 0 bridgehead atoms. The van der Waals surface area contributed by atoms with Crippen LogP contribution >= 0.6 is 15.9 Å². The molecule has 0 aliphatic heterocycles. The fourth-order valence-electron chi connectivity index (χ4n) is 3.62. The van der Waals surface area contributed by atoms with Gasteiger partial charge in [-0.25, -0.2) is 15.0 Å². The normalized spacial score (nSPS) is 12.8. The molecule has 3 heterocycles. The number of fused-ring (bicyclic) bond motifs is 4. The molecule has 6 nitrogen and oxygen atoms in total. The molecule has 3 aromatic heterocycles. The molecule has 0 N–H and O–H groups in total. The van der Waals surface area contributed by atoms with Gasteiger partial charge < -0.3 is 0 Å². The van der Waals surface area contributed by atoms with E-state index in [-0.39, 0.29) is 11.6 Å². The topological polar surface area (TPSA) is 65.6 Å². The highest BCUT2D eigenvalue weighted by atomic mass is 79.9. The second-order valence-electron chi connectivity index (χ2n) is 7.11. The molecule has 0 saturated carbocycles. The Morgan fingerprint density at radius 2 is 1.79 bits per heavy atom. The van der Waals surface area contributed by atoms with Crippen LogP contribution < -0.4 is 5.56 Å². The predicted octanol–water partition coefficient (Wildman–Crippen LogP) is 5.02. The zero-order valence-corrected chi connectivity index (χ0v) is 17.6. The summed E-state index contributed by atoms with van der Waals surface area (Å²) in [6.45, 7) is 4.07. The molecule has 7 heteroatoms. The summed E-state index contributed by atoms with van der Waals surface area (Å²) in [6, 6.07) is 15.6. The van der Waals surface area contributed by atoms with E-state index in [2.05, 4.69) is 27.8 Å².